The highest BCUT2D eigenvalue weighted by atomic mass is 32.2. The fourth-order valence-electron chi connectivity index (χ4n) is 0.692. The molecule has 0 unspecified atom stereocenters. The fourth-order valence-corrected chi connectivity index (χ4v) is 1.48. The van der Waals surface area contributed by atoms with Gasteiger partial charge in [0, 0.05) is 25.2 Å². The van der Waals surface area contributed by atoms with Crippen LogP contribution in [0.2, 0.25) is 0 Å². The van der Waals surface area contributed by atoms with Gasteiger partial charge in [0.2, 0.25) is 0 Å². The maximum absolute atomic E-state index is 2.21. The summed E-state index contributed by atoms with van der Waals surface area (Å²) in [6, 6.07) is 0. The van der Waals surface area contributed by atoms with E-state index in [1.165, 1.54) is 4.91 Å². The first kappa shape index (κ1) is 9.89. The van der Waals surface area contributed by atoms with Crippen LogP contribution in [0, 0.1) is 5.92 Å². The average molecular weight is 159 g/mol. The van der Waals surface area contributed by atoms with E-state index in [0.717, 1.165) is 0 Å². The fraction of sp³-hybridized carbons (Fsp3) is 0.750. The van der Waals surface area contributed by atoms with Crippen LogP contribution in [-0.4, -0.2) is 25.3 Å². The third-order valence-electron chi connectivity index (χ3n) is 1.19. The van der Waals surface area contributed by atoms with E-state index < -0.39 is 0 Å². The summed E-state index contributed by atoms with van der Waals surface area (Å²) in [5, 5.41) is 0. The molecule has 0 aromatic carbocycles. The maximum atomic E-state index is 2.21. The summed E-state index contributed by atoms with van der Waals surface area (Å²) in [5.41, 5.74) is 0. The molecule has 0 saturated carbocycles. The Hall–Kier alpha value is -0.110. The molecule has 0 radical (unpaired) electrons. The van der Waals surface area contributed by atoms with E-state index in [1.54, 1.807) is 0 Å². The molecule has 0 aromatic rings. The van der Waals surface area contributed by atoms with Gasteiger partial charge in [-0.3, -0.25) is 0 Å². The summed E-state index contributed by atoms with van der Waals surface area (Å²) in [7, 11) is 4.11. The van der Waals surface area contributed by atoms with Gasteiger partial charge >= 0.3 is 0 Å². The van der Waals surface area contributed by atoms with E-state index in [4.69, 9.17) is 0 Å². The molecule has 0 amide bonds. The van der Waals surface area contributed by atoms with Gasteiger partial charge in [0.15, 0.2) is 0 Å². The van der Waals surface area contributed by atoms with Gasteiger partial charge in [0.05, 0.1) is 0 Å². The molecule has 0 spiro atoms. The highest BCUT2D eigenvalue weighted by Gasteiger charge is 2.00. The molecule has 1 nitrogen and oxygen atoms in total. The van der Waals surface area contributed by atoms with Crippen molar-refractivity contribution in [3.63, 3.8) is 0 Å². The van der Waals surface area contributed by atoms with Gasteiger partial charge in [0.1, 0.15) is 0 Å². The average Bonchev–Trinajstić information content (AvgIpc) is 1.81. The molecule has 0 bridgehead atoms. The van der Waals surface area contributed by atoms with E-state index in [9.17, 15) is 0 Å². The molecule has 0 rings (SSSR count). The Morgan fingerprint density at radius 3 is 2.00 bits per heavy atom. The number of hydrogen-bond donors (Lipinski definition) is 0. The smallest absolute Gasteiger partial charge is 0.00843 e. The maximum Gasteiger partial charge on any atom is 0.00843 e. The van der Waals surface area contributed by atoms with Gasteiger partial charge in [-0.25, -0.2) is 0 Å². The number of rotatable bonds is 3. The Bertz CT molecular complexity index is 116. The van der Waals surface area contributed by atoms with Crippen molar-refractivity contribution in [2.75, 3.05) is 20.4 Å². The second-order valence-electron chi connectivity index (χ2n) is 2.85. The number of nitrogens with zero attached hydrogens (tertiary/aromatic N) is 1. The van der Waals surface area contributed by atoms with Crippen LogP contribution in [0.1, 0.15) is 13.8 Å². The minimum absolute atomic E-state index is 0.650. The molecule has 0 aliphatic rings. The quantitative estimate of drug-likeness (QED) is 0.622. The van der Waals surface area contributed by atoms with Crippen LogP contribution in [0.3, 0.4) is 0 Å². The lowest BCUT2D eigenvalue weighted by Gasteiger charge is -2.12. The van der Waals surface area contributed by atoms with Crippen molar-refractivity contribution in [3.05, 3.63) is 11.1 Å². The highest BCUT2D eigenvalue weighted by molar-refractivity contribution is 8.02. The van der Waals surface area contributed by atoms with Crippen molar-refractivity contribution in [2.24, 2.45) is 5.92 Å². The van der Waals surface area contributed by atoms with E-state index in [2.05, 4.69) is 45.3 Å². The number of hydrogen-bond acceptors (Lipinski definition) is 2. The zero-order valence-corrected chi connectivity index (χ0v) is 8.33. The molecule has 0 saturated heterocycles. The molecular formula is C8H17NS. The molecule has 10 heavy (non-hydrogen) atoms. The SMILES string of the molecule is CS/C(=C\N(C)C)C(C)C. The first-order valence-corrected chi connectivity index (χ1v) is 4.72. The third-order valence-corrected chi connectivity index (χ3v) is 2.24. The number of thioether (sulfide) groups is 1. The van der Waals surface area contributed by atoms with Crippen LogP contribution in [0.4, 0.5) is 0 Å². The molecular weight excluding hydrogens is 142 g/mol. The molecule has 60 valence electrons. The van der Waals surface area contributed by atoms with Crippen LogP contribution in [0.25, 0.3) is 0 Å². The lowest BCUT2D eigenvalue weighted by atomic mass is 10.2. The van der Waals surface area contributed by atoms with Gasteiger partial charge in [-0.2, -0.15) is 0 Å². The molecule has 0 aromatic heterocycles. The van der Waals surface area contributed by atoms with Crippen molar-refractivity contribution in [2.45, 2.75) is 13.8 Å². The van der Waals surface area contributed by atoms with E-state index in [-0.39, 0.29) is 0 Å². The van der Waals surface area contributed by atoms with Crippen molar-refractivity contribution in [1.82, 2.24) is 4.90 Å². The summed E-state index contributed by atoms with van der Waals surface area (Å²) in [5.74, 6) is 0.650. The van der Waals surface area contributed by atoms with Crippen molar-refractivity contribution >= 4 is 11.8 Å². The van der Waals surface area contributed by atoms with Gasteiger partial charge in [-0.15, -0.1) is 11.8 Å². The van der Waals surface area contributed by atoms with Crippen LogP contribution in [0.15, 0.2) is 11.1 Å². The summed E-state index contributed by atoms with van der Waals surface area (Å²) in [6.07, 6.45) is 4.30. The molecule has 0 atom stereocenters. The van der Waals surface area contributed by atoms with Gasteiger partial charge < -0.3 is 4.90 Å². The van der Waals surface area contributed by atoms with Crippen LogP contribution < -0.4 is 0 Å². The van der Waals surface area contributed by atoms with Crippen LogP contribution in [0.5, 0.6) is 0 Å². The topological polar surface area (TPSA) is 3.24 Å². The standard InChI is InChI=1S/C8H17NS/c1-7(2)8(10-5)6-9(3)4/h6-7H,1-5H3/b8-6-. The second-order valence-corrected chi connectivity index (χ2v) is 3.73. The monoisotopic (exact) mass is 159 g/mol. The molecule has 0 aliphatic carbocycles. The molecule has 0 fully saturated rings. The first-order chi connectivity index (χ1) is 4.57. The van der Waals surface area contributed by atoms with E-state index >= 15 is 0 Å². The Morgan fingerprint density at radius 2 is 1.90 bits per heavy atom. The Labute approximate surface area is 68.5 Å². The van der Waals surface area contributed by atoms with Crippen LogP contribution in [-0.2, 0) is 0 Å². The van der Waals surface area contributed by atoms with E-state index in [1.807, 2.05) is 11.8 Å². The van der Waals surface area contributed by atoms with Gasteiger partial charge in [-0.05, 0) is 12.2 Å². The lowest BCUT2D eigenvalue weighted by molar-refractivity contribution is 0.554. The third kappa shape index (κ3) is 3.83. The summed E-state index contributed by atoms with van der Waals surface area (Å²) in [4.78, 5) is 3.52. The number of allylic oxidation sites excluding steroid dienone is 1. The van der Waals surface area contributed by atoms with Crippen molar-refractivity contribution in [3.8, 4) is 0 Å². The first-order valence-electron chi connectivity index (χ1n) is 3.50. The Morgan fingerprint density at radius 1 is 1.40 bits per heavy atom. The van der Waals surface area contributed by atoms with Gasteiger partial charge in [0.25, 0.3) is 0 Å². The van der Waals surface area contributed by atoms with E-state index in [0.29, 0.717) is 5.92 Å². The second kappa shape index (κ2) is 4.67. The summed E-state index contributed by atoms with van der Waals surface area (Å²) >= 11 is 1.83. The summed E-state index contributed by atoms with van der Waals surface area (Å²) in [6.45, 7) is 4.43. The van der Waals surface area contributed by atoms with Crippen molar-refractivity contribution < 1.29 is 0 Å². The minimum atomic E-state index is 0.650. The minimum Gasteiger partial charge on any atom is -0.383 e. The Kier molecular flexibility index (Phi) is 4.62. The zero-order chi connectivity index (χ0) is 8.15. The largest absolute Gasteiger partial charge is 0.383 e. The van der Waals surface area contributed by atoms with Crippen molar-refractivity contribution in [1.29, 1.82) is 0 Å². The molecule has 0 aliphatic heterocycles. The summed E-state index contributed by atoms with van der Waals surface area (Å²) < 4.78 is 0. The normalized spacial score (nSPS) is 12.4. The zero-order valence-electron chi connectivity index (χ0n) is 7.51. The molecule has 0 heterocycles. The predicted molar refractivity (Wildman–Crippen MR) is 50.1 cm³/mol. The molecule has 2 heteroatoms. The van der Waals surface area contributed by atoms with Gasteiger partial charge in [-0.1, -0.05) is 13.8 Å². The van der Waals surface area contributed by atoms with Crippen LogP contribution >= 0.6 is 11.8 Å². The molecule has 0 N–H and O–H groups in total. The highest BCUT2D eigenvalue weighted by Crippen LogP contribution is 2.20. The predicted octanol–water partition coefficient (Wildman–Crippen LogP) is 2.41. The lowest BCUT2D eigenvalue weighted by Crippen LogP contribution is -2.04. The Balaban J connectivity index is 4.04.